The topological polar surface area (TPSA) is 26.0 Å². The van der Waals surface area contributed by atoms with E-state index in [1.54, 1.807) is 6.07 Å². The van der Waals surface area contributed by atoms with Crippen molar-refractivity contribution in [3.05, 3.63) is 35.1 Å². The Kier molecular flexibility index (Phi) is 2.11. The summed E-state index contributed by atoms with van der Waals surface area (Å²) in [5.41, 5.74) is 7.83. The average molecular weight is 193 g/mol. The number of fused-ring (bicyclic) bond motifs is 1. The molecular weight excluding hydrogens is 177 g/mol. The zero-order valence-electron chi connectivity index (χ0n) is 8.68. The molecule has 0 radical (unpaired) electrons. The van der Waals surface area contributed by atoms with Gasteiger partial charge in [-0.15, -0.1) is 0 Å². The van der Waals surface area contributed by atoms with Crippen molar-refractivity contribution >= 4 is 0 Å². The molecule has 1 aliphatic rings. The van der Waals surface area contributed by atoms with Gasteiger partial charge in [-0.3, -0.25) is 0 Å². The molecule has 1 aromatic rings. The molecule has 14 heavy (non-hydrogen) atoms. The molecule has 0 saturated carbocycles. The highest BCUT2D eigenvalue weighted by molar-refractivity contribution is 5.39. The van der Waals surface area contributed by atoms with E-state index in [0.717, 1.165) is 17.5 Å². The van der Waals surface area contributed by atoms with Crippen LogP contribution in [0.5, 0.6) is 0 Å². The second-order valence-electron chi connectivity index (χ2n) is 4.76. The minimum absolute atomic E-state index is 0.0773. The Morgan fingerprint density at radius 3 is 2.86 bits per heavy atom. The minimum atomic E-state index is -0.0773. The fraction of sp³-hybridized carbons (Fsp3) is 0.500. The van der Waals surface area contributed by atoms with Gasteiger partial charge in [-0.05, 0) is 35.6 Å². The lowest BCUT2D eigenvalue weighted by molar-refractivity contribution is 0.316. The third-order valence-electron chi connectivity index (χ3n) is 3.34. The molecular formula is C12H16FN. The molecule has 1 atom stereocenters. The first kappa shape index (κ1) is 9.66. The molecule has 76 valence electrons. The Labute approximate surface area is 84.1 Å². The van der Waals surface area contributed by atoms with E-state index >= 15 is 0 Å². The standard InChI is InChI=1S/C12H16FN/c1-12(2)6-9-8(10(12)7-14)4-3-5-11(9)13/h3-5,10H,6-7,14H2,1-2H3. The number of hydrogen-bond acceptors (Lipinski definition) is 1. The molecule has 1 aliphatic carbocycles. The maximum Gasteiger partial charge on any atom is 0.126 e. The van der Waals surface area contributed by atoms with Crippen LogP contribution in [0.2, 0.25) is 0 Å². The van der Waals surface area contributed by atoms with Crippen LogP contribution in [0.25, 0.3) is 0 Å². The molecule has 0 aromatic heterocycles. The number of rotatable bonds is 1. The maximum absolute atomic E-state index is 13.5. The van der Waals surface area contributed by atoms with Crippen LogP contribution in [-0.4, -0.2) is 6.54 Å². The van der Waals surface area contributed by atoms with E-state index in [2.05, 4.69) is 13.8 Å². The number of benzene rings is 1. The van der Waals surface area contributed by atoms with Crippen molar-refractivity contribution in [1.82, 2.24) is 0 Å². The van der Waals surface area contributed by atoms with E-state index in [9.17, 15) is 4.39 Å². The van der Waals surface area contributed by atoms with Crippen molar-refractivity contribution in [1.29, 1.82) is 0 Å². The zero-order valence-corrected chi connectivity index (χ0v) is 8.68. The number of hydrogen-bond donors (Lipinski definition) is 1. The van der Waals surface area contributed by atoms with Gasteiger partial charge in [0.05, 0.1) is 0 Å². The van der Waals surface area contributed by atoms with Gasteiger partial charge >= 0.3 is 0 Å². The Morgan fingerprint density at radius 1 is 1.50 bits per heavy atom. The molecule has 0 spiro atoms. The highest BCUT2D eigenvalue weighted by Crippen LogP contribution is 2.46. The third kappa shape index (κ3) is 1.25. The molecule has 0 saturated heterocycles. The van der Waals surface area contributed by atoms with Crippen molar-refractivity contribution in [3.63, 3.8) is 0 Å². The lowest BCUT2D eigenvalue weighted by Gasteiger charge is -2.26. The molecule has 2 heteroatoms. The van der Waals surface area contributed by atoms with E-state index in [4.69, 9.17) is 5.73 Å². The van der Waals surface area contributed by atoms with E-state index in [0.29, 0.717) is 12.5 Å². The minimum Gasteiger partial charge on any atom is -0.330 e. The second kappa shape index (κ2) is 3.06. The van der Waals surface area contributed by atoms with Gasteiger partial charge < -0.3 is 5.73 Å². The Balaban J connectivity index is 2.53. The summed E-state index contributed by atoms with van der Waals surface area (Å²) in [6.07, 6.45) is 0.802. The monoisotopic (exact) mass is 193 g/mol. The van der Waals surface area contributed by atoms with Crippen LogP contribution in [0.3, 0.4) is 0 Å². The molecule has 0 bridgehead atoms. The molecule has 2 rings (SSSR count). The highest BCUT2D eigenvalue weighted by atomic mass is 19.1. The van der Waals surface area contributed by atoms with Crippen molar-refractivity contribution in [3.8, 4) is 0 Å². The van der Waals surface area contributed by atoms with Gasteiger partial charge in [0.15, 0.2) is 0 Å². The summed E-state index contributed by atoms with van der Waals surface area (Å²) in [6, 6.07) is 5.32. The molecule has 2 N–H and O–H groups in total. The summed E-state index contributed by atoms with van der Waals surface area (Å²) >= 11 is 0. The first-order valence-corrected chi connectivity index (χ1v) is 5.03. The summed E-state index contributed by atoms with van der Waals surface area (Å²) in [5.74, 6) is 0.222. The second-order valence-corrected chi connectivity index (χ2v) is 4.76. The Morgan fingerprint density at radius 2 is 2.21 bits per heavy atom. The predicted octanol–water partition coefficient (Wildman–Crippen LogP) is 2.45. The van der Waals surface area contributed by atoms with E-state index in [-0.39, 0.29) is 11.2 Å². The van der Waals surface area contributed by atoms with Crippen LogP contribution in [0.15, 0.2) is 18.2 Å². The molecule has 1 aromatic carbocycles. The van der Waals surface area contributed by atoms with Crippen molar-refractivity contribution in [2.45, 2.75) is 26.2 Å². The zero-order chi connectivity index (χ0) is 10.3. The molecule has 1 unspecified atom stereocenters. The van der Waals surface area contributed by atoms with Crippen LogP contribution in [0.1, 0.15) is 30.9 Å². The van der Waals surface area contributed by atoms with Gasteiger partial charge in [0, 0.05) is 5.92 Å². The van der Waals surface area contributed by atoms with Gasteiger partial charge in [0.2, 0.25) is 0 Å². The van der Waals surface area contributed by atoms with Gasteiger partial charge in [0.1, 0.15) is 5.82 Å². The summed E-state index contributed by atoms with van der Waals surface area (Å²) < 4.78 is 13.5. The predicted molar refractivity (Wildman–Crippen MR) is 55.7 cm³/mol. The molecule has 0 amide bonds. The maximum atomic E-state index is 13.5. The van der Waals surface area contributed by atoms with Crippen molar-refractivity contribution in [2.24, 2.45) is 11.1 Å². The van der Waals surface area contributed by atoms with Gasteiger partial charge in [-0.2, -0.15) is 0 Å². The largest absolute Gasteiger partial charge is 0.330 e. The fourth-order valence-electron chi connectivity index (χ4n) is 2.53. The van der Waals surface area contributed by atoms with Crippen LogP contribution in [-0.2, 0) is 6.42 Å². The third-order valence-corrected chi connectivity index (χ3v) is 3.34. The van der Waals surface area contributed by atoms with Gasteiger partial charge in [0.25, 0.3) is 0 Å². The van der Waals surface area contributed by atoms with Crippen LogP contribution in [0, 0.1) is 11.2 Å². The summed E-state index contributed by atoms with van der Waals surface area (Å²) in [7, 11) is 0. The molecule has 0 fully saturated rings. The van der Waals surface area contributed by atoms with E-state index in [1.165, 1.54) is 6.07 Å². The first-order valence-electron chi connectivity index (χ1n) is 5.03. The first-order chi connectivity index (χ1) is 6.56. The lowest BCUT2D eigenvalue weighted by Crippen LogP contribution is -2.24. The van der Waals surface area contributed by atoms with E-state index in [1.807, 2.05) is 6.07 Å². The molecule has 1 nitrogen and oxygen atoms in total. The molecule has 0 heterocycles. The lowest BCUT2D eigenvalue weighted by atomic mass is 9.80. The summed E-state index contributed by atoms with van der Waals surface area (Å²) in [4.78, 5) is 0. The SMILES string of the molecule is CC1(C)Cc2c(F)cccc2C1CN. The van der Waals surface area contributed by atoms with E-state index < -0.39 is 0 Å². The quantitative estimate of drug-likeness (QED) is 0.728. The Hall–Kier alpha value is -0.890. The van der Waals surface area contributed by atoms with Crippen LogP contribution < -0.4 is 5.73 Å². The van der Waals surface area contributed by atoms with Gasteiger partial charge in [-0.1, -0.05) is 26.0 Å². The number of nitrogens with two attached hydrogens (primary N) is 1. The number of halogens is 1. The van der Waals surface area contributed by atoms with Gasteiger partial charge in [-0.25, -0.2) is 4.39 Å². The van der Waals surface area contributed by atoms with Crippen molar-refractivity contribution in [2.75, 3.05) is 6.54 Å². The molecule has 0 aliphatic heterocycles. The summed E-state index contributed by atoms with van der Waals surface area (Å²) in [5, 5.41) is 0. The summed E-state index contributed by atoms with van der Waals surface area (Å²) in [6.45, 7) is 4.91. The van der Waals surface area contributed by atoms with Crippen molar-refractivity contribution < 1.29 is 4.39 Å². The normalized spacial score (nSPS) is 23.6. The average Bonchev–Trinajstić information content (AvgIpc) is 2.37. The smallest absolute Gasteiger partial charge is 0.126 e. The Bertz CT molecular complexity index is 357. The van der Waals surface area contributed by atoms with Crippen LogP contribution in [0.4, 0.5) is 4.39 Å². The fourth-order valence-corrected chi connectivity index (χ4v) is 2.53. The van der Waals surface area contributed by atoms with Crippen LogP contribution >= 0.6 is 0 Å². The highest BCUT2D eigenvalue weighted by Gasteiger charge is 2.39.